The molecule has 0 aliphatic heterocycles. The quantitative estimate of drug-likeness (QED) is 0.807. The van der Waals surface area contributed by atoms with Gasteiger partial charge in [0.05, 0.1) is 7.11 Å². The Hall–Kier alpha value is -2.37. The fraction of sp³-hybridized carbons (Fsp3) is 0.250. The lowest BCUT2D eigenvalue weighted by atomic mass is 10.3. The van der Waals surface area contributed by atoms with Gasteiger partial charge in [-0.1, -0.05) is 6.07 Å². The summed E-state index contributed by atoms with van der Waals surface area (Å²) in [4.78, 5) is 27.2. The van der Waals surface area contributed by atoms with Gasteiger partial charge in [0.1, 0.15) is 17.4 Å². The van der Waals surface area contributed by atoms with Crippen molar-refractivity contribution >= 4 is 17.5 Å². The van der Waals surface area contributed by atoms with Crippen LogP contribution in [0.15, 0.2) is 30.6 Å². The predicted molar refractivity (Wildman–Crippen MR) is 64.1 cm³/mol. The highest BCUT2D eigenvalue weighted by Crippen LogP contribution is 2.04. The third kappa shape index (κ3) is 2.32. The molecule has 0 radical (unpaired) electrons. The molecule has 6 nitrogen and oxygen atoms in total. The van der Waals surface area contributed by atoms with Gasteiger partial charge in [-0.2, -0.15) is 0 Å². The van der Waals surface area contributed by atoms with Gasteiger partial charge in [0.15, 0.2) is 0 Å². The maximum absolute atomic E-state index is 11.9. The normalized spacial score (nSPS) is 12.1. The SMILES string of the molecule is COC(=O)[C@H](C)NC(=O)c1cn2ccccc2n1. The van der Waals surface area contributed by atoms with E-state index < -0.39 is 17.9 Å². The number of carbonyl (C=O) groups is 2. The standard InChI is InChI=1S/C12H13N3O3/c1-8(12(17)18-2)13-11(16)9-7-15-6-4-3-5-10(15)14-9/h3-8H,1-2H3,(H,13,16)/t8-/m0/s1. The second-order valence-electron chi connectivity index (χ2n) is 3.81. The lowest BCUT2D eigenvalue weighted by molar-refractivity contribution is -0.142. The van der Waals surface area contributed by atoms with Gasteiger partial charge in [-0.3, -0.25) is 4.79 Å². The number of rotatable bonds is 3. The van der Waals surface area contributed by atoms with E-state index in [1.54, 1.807) is 29.8 Å². The van der Waals surface area contributed by atoms with Crippen LogP contribution in [0.2, 0.25) is 0 Å². The summed E-state index contributed by atoms with van der Waals surface area (Å²) in [6.45, 7) is 1.56. The second-order valence-corrected chi connectivity index (χ2v) is 3.81. The van der Waals surface area contributed by atoms with E-state index >= 15 is 0 Å². The lowest BCUT2D eigenvalue weighted by Crippen LogP contribution is -2.39. The van der Waals surface area contributed by atoms with Crippen molar-refractivity contribution in [1.29, 1.82) is 0 Å². The molecular formula is C12H13N3O3. The molecule has 6 heteroatoms. The van der Waals surface area contributed by atoms with Crippen LogP contribution in [-0.4, -0.2) is 34.4 Å². The largest absolute Gasteiger partial charge is 0.467 e. The minimum absolute atomic E-state index is 0.261. The molecule has 0 unspecified atom stereocenters. The van der Waals surface area contributed by atoms with E-state index in [0.717, 1.165) is 0 Å². The number of aromatic nitrogens is 2. The maximum atomic E-state index is 11.9. The van der Waals surface area contributed by atoms with Crippen molar-refractivity contribution < 1.29 is 14.3 Å². The zero-order valence-electron chi connectivity index (χ0n) is 10.1. The van der Waals surface area contributed by atoms with Crippen LogP contribution in [0.4, 0.5) is 0 Å². The zero-order valence-corrected chi connectivity index (χ0v) is 10.1. The molecule has 1 atom stereocenters. The van der Waals surface area contributed by atoms with Crippen molar-refractivity contribution in [1.82, 2.24) is 14.7 Å². The van der Waals surface area contributed by atoms with Gasteiger partial charge in [0.25, 0.3) is 5.91 Å². The Bertz CT molecular complexity index is 558. The summed E-state index contributed by atoms with van der Waals surface area (Å²) in [5.74, 6) is -0.899. The topological polar surface area (TPSA) is 72.7 Å². The molecule has 2 rings (SSSR count). The Labute approximate surface area is 104 Å². The van der Waals surface area contributed by atoms with E-state index in [0.29, 0.717) is 5.65 Å². The lowest BCUT2D eigenvalue weighted by Gasteiger charge is -2.09. The first-order valence-corrected chi connectivity index (χ1v) is 5.44. The van der Waals surface area contributed by atoms with Crippen LogP contribution in [0.1, 0.15) is 17.4 Å². The molecule has 0 fully saturated rings. The monoisotopic (exact) mass is 247 g/mol. The molecule has 0 saturated carbocycles. The summed E-state index contributed by atoms with van der Waals surface area (Å²) >= 11 is 0. The van der Waals surface area contributed by atoms with Gasteiger partial charge >= 0.3 is 5.97 Å². The molecule has 0 aliphatic carbocycles. The summed E-state index contributed by atoms with van der Waals surface area (Å²) in [7, 11) is 1.27. The van der Waals surface area contributed by atoms with Crippen LogP contribution < -0.4 is 5.32 Å². The number of hydrogen-bond acceptors (Lipinski definition) is 4. The summed E-state index contributed by atoms with van der Waals surface area (Å²) in [5, 5.41) is 2.52. The minimum Gasteiger partial charge on any atom is -0.467 e. The minimum atomic E-state index is -0.702. The van der Waals surface area contributed by atoms with Crippen molar-refractivity contribution in [3.05, 3.63) is 36.3 Å². The first-order valence-electron chi connectivity index (χ1n) is 5.44. The molecule has 1 N–H and O–H groups in total. The van der Waals surface area contributed by atoms with Crippen LogP contribution in [-0.2, 0) is 9.53 Å². The Balaban J connectivity index is 2.16. The van der Waals surface area contributed by atoms with Crippen molar-refractivity contribution in [2.24, 2.45) is 0 Å². The van der Waals surface area contributed by atoms with Crippen LogP contribution in [0.3, 0.4) is 0 Å². The molecule has 0 aromatic carbocycles. The zero-order chi connectivity index (χ0) is 13.1. The molecule has 0 bridgehead atoms. The molecular weight excluding hydrogens is 234 g/mol. The van der Waals surface area contributed by atoms with Gasteiger partial charge in [-0.15, -0.1) is 0 Å². The number of nitrogens with zero attached hydrogens (tertiary/aromatic N) is 2. The highest BCUT2D eigenvalue weighted by molar-refractivity contribution is 5.95. The number of esters is 1. The van der Waals surface area contributed by atoms with Crippen LogP contribution in [0.25, 0.3) is 5.65 Å². The van der Waals surface area contributed by atoms with E-state index in [1.165, 1.54) is 7.11 Å². The Morgan fingerprint density at radius 1 is 1.44 bits per heavy atom. The molecule has 2 aromatic heterocycles. The van der Waals surface area contributed by atoms with Gasteiger partial charge in [0.2, 0.25) is 0 Å². The van der Waals surface area contributed by atoms with Gasteiger partial charge < -0.3 is 14.5 Å². The number of imidazole rings is 1. The highest BCUT2D eigenvalue weighted by Gasteiger charge is 2.18. The van der Waals surface area contributed by atoms with Gasteiger partial charge in [-0.05, 0) is 19.1 Å². The van der Waals surface area contributed by atoms with E-state index in [-0.39, 0.29) is 5.69 Å². The predicted octanol–water partition coefficient (Wildman–Crippen LogP) is 0.626. The van der Waals surface area contributed by atoms with Crippen molar-refractivity contribution in [3.8, 4) is 0 Å². The van der Waals surface area contributed by atoms with Crippen LogP contribution in [0, 0.1) is 0 Å². The third-order valence-corrected chi connectivity index (χ3v) is 2.50. The smallest absolute Gasteiger partial charge is 0.328 e. The van der Waals surface area contributed by atoms with Crippen molar-refractivity contribution in [2.45, 2.75) is 13.0 Å². The van der Waals surface area contributed by atoms with Crippen LogP contribution in [0.5, 0.6) is 0 Å². The molecule has 2 heterocycles. The van der Waals surface area contributed by atoms with Crippen molar-refractivity contribution in [3.63, 3.8) is 0 Å². The summed E-state index contributed by atoms with van der Waals surface area (Å²) in [6, 6.07) is 4.77. The van der Waals surface area contributed by atoms with E-state index in [1.807, 2.05) is 12.1 Å². The second kappa shape index (κ2) is 4.87. The summed E-state index contributed by atoms with van der Waals surface area (Å²) in [5.41, 5.74) is 0.935. The number of ether oxygens (including phenoxy) is 1. The summed E-state index contributed by atoms with van der Waals surface area (Å²) in [6.07, 6.45) is 3.40. The number of carbonyl (C=O) groups excluding carboxylic acids is 2. The van der Waals surface area contributed by atoms with Crippen molar-refractivity contribution in [2.75, 3.05) is 7.11 Å². The molecule has 94 valence electrons. The number of amides is 1. The van der Waals surface area contributed by atoms with Crippen LogP contribution >= 0.6 is 0 Å². The first-order chi connectivity index (χ1) is 8.61. The van der Waals surface area contributed by atoms with Gasteiger partial charge in [0, 0.05) is 12.4 Å². The van der Waals surface area contributed by atoms with E-state index in [4.69, 9.17) is 0 Å². The van der Waals surface area contributed by atoms with E-state index in [2.05, 4.69) is 15.0 Å². The third-order valence-electron chi connectivity index (χ3n) is 2.50. The molecule has 0 aliphatic rings. The number of fused-ring (bicyclic) bond motifs is 1. The Morgan fingerprint density at radius 3 is 2.89 bits per heavy atom. The Morgan fingerprint density at radius 2 is 2.22 bits per heavy atom. The fourth-order valence-corrected chi connectivity index (χ4v) is 1.55. The average Bonchev–Trinajstić information content (AvgIpc) is 2.81. The maximum Gasteiger partial charge on any atom is 0.328 e. The molecule has 0 spiro atoms. The molecule has 0 saturated heterocycles. The average molecular weight is 247 g/mol. The van der Waals surface area contributed by atoms with E-state index in [9.17, 15) is 9.59 Å². The number of pyridine rings is 1. The molecule has 2 aromatic rings. The molecule has 1 amide bonds. The number of nitrogens with one attached hydrogen (secondary N) is 1. The number of methoxy groups -OCH3 is 1. The molecule has 18 heavy (non-hydrogen) atoms. The Kier molecular flexibility index (Phi) is 3.27. The fourth-order valence-electron chi connectivity index (χ4n) is 1.55. The van der Waals surface area contributed by atoms with Gasteiger partial charge in [-0.25, -0.2) is 9.78 Å². The number of hydrogen-bond donors (Lipinski definition) is 1. The highest BCUT2D eigenvalue weighted by atomic mass is 16.5. The first kappa shape index (κ1) is 12.1. The summed E-state index contributed by atoms with van der Waals surface area (Å²) < 4.78 is 6.26.